The Bertz CT molecular complexity index is 553. The molecule has 1 atom stereocenters. The third kappa shape index (κ3) is 5.03. The second kappa shape index (κ2) is 8.79. The first-order chi connectivity index (χ1) is 12.2. The summed E-state index contributed by atoms with van der Waals surface area (Å²) < 4.78 is 4.75. The molecule has 1 aromatic rings. The zero-order valence-electron chi connectivity index (χ0n) is 15.6. The van der Waals surface area contributed by atoms with Gasteiger partial charge in [-0.1, -0.05) is 18.6 Å². The lowest BCUT2D eigenvalue weighted by Gasteiger charge is -2.40. The lowest BCUT2D eigenvalue weighted by Crippen LogP contribution is -2.51. The monoisotopic (exact) mass is 345 g/mol. The topological polar surface area (TPSA) is 36.0 Å². The number of methoxy groups -OCH3 is 1. The molecule has 1 aromatic carbocycles. The van der Waals surface area contributed by atoms with E-state index in [-0.39, 0.29) is 5.97 Å². The molecule has 3 rings (SSSR count). The van der Waals surface area contributed by atoms with Crippen molar-refractivity contribution in [2.75, 3.05) is 53.4 Å². The molecule has 138 valence electrons. The standard InChI is InChI=1S/C20H31N3O2/c1-21-10-4-3-5-19(21)16-23-13-11-22(12-14-23)15-17-6-8-18(9-7-17)20(24)25-2/h6-9,19H,3-5,10-16H2,1-2H3/t19-/m0/s1. The van der Waals surface area contributed by atoms with Crippen LogP contribution in [0.15, 0.2) is 24.3 Å². The zero-order chi connectivity index (χ0) is 17.6. The number of piperidine rings is 1. The minimum atomic E-state index is -0.271. The average Bonchev–Trinajstić information content (AvgIpc) is 2.65. The highest BCUT2D eigenvalue weighted by Gasteiger charge is 2.24. The summed E-state index contributed by atoms with van der Waals surface area (Å²) in [6, 6.07) is 8.53. The molecule has 5 nitrogen and oxygen atoms in total. The Hall–Kier alpha value is -1.43. The van der Waals surface area contributed by atoms with Gasteiger partial charge in [0.25, 0.3) is 0 Å². The van der Waals surface area contributed by atoms with Gasteiger partial charge in [0.2, 0.25) is 0 Å². The Balaban J connectivity index is 1.43. The van der Waals surface area contributed by atoms with E-state index in [0.717, 1.165) is 38.8 Å². The molecule has 0 unspecified atom stereocenters. The number of hydrogen-bond donors (Lipinski definition) is 0. The molecule has 0 aromatic heterocycles. The van der Waals surface area contributed by atoms with Gasteiger partial charge in [-0.15, -0.1) is 0 Å². The van der Waals surface area contributed by atoms with E-state index < -0.39 is 0 Å². The minimum Gasteiger partial charge on any atom is -0.465 e. The number of hydrogen-bond acceptors (Lipinski definition) is 5. The van der Waals surface area contributed by atoms with Gasteiger partial charge >= 0.3 is 5.97 Å². The van der Waals surface area contributed by atoms with Crippen LogP contribution in [0.1, 0.15) is 35.2 Å². The second-order valence-electron chi connectivity index (χ2n) is 7.40. The molecule has 0 radical (unpaired) electrons. The van der Waals surface area contributed by atoms with Crippen LogP contribution in [0.4, 0.5) is 0 Å². The van der Waals surface area contributed by atoms with Crippen molar-refractivity contribution in [1.82, 2.24) is 14.7 Å². The maximum absolute atomic E-state index is 11.5. The summed E-state index contributed by atoms with van der Waals surface area (Å²) in [5.41, 5.74) is 1.88. The van der Waals surface area contributed by atoms with Crippen LogP contribution in [0.5, 0.6) is 0 Å². The number of carbonyl (C=O) groups is 1. The lowest BCUT2D eigenvalue weighted by atomic mass is 10.0. The van der Waals surface area contributed by atoms with Crippen molar-refractivity contribution in [3.05, 3.63) is 35.4 Å². The largest absolute Gasteiger partial charge is 0.465 e. The molecule has 2 aliphatic heterocycles. The molecule has 2 saturated heterocycles. The van der Waals surface area contributed by atoms with E-state index in [0.29, 0.717) is 5.56 Å². The van der Waals surface area contributed by atoms with E-state index in [1.54, 1.807) is 0 Å². The molecule has 2 heterocycles. The number of esters is 1. The number of likely N-dealkylation sites (N-methyl/N-ethyl adjacent to an activating group) is 1. The Kier molecular flexibility index (Phi) is 6.45. The summed E-state index contributed by atoms with van der Waals surface area (Å²) >= 11 is 0. The first kappa shape index (κ1) is 18.4. The quantitative estimate of drug-likeness (QED) is 0.764. The number of rotatable bonds is 5. The summed E-state index contributed by atoms with van der Waals surface area (Å²) in [5, 5.41) is 0. The van der Waals surface area contributed by atoms with Gasteiger partial charge in [-0.2, -0.15) is 0 Å². The molecule has 0 aliphatic carbocycles. The van der Waals surface area contributed by atoms with E-state index in [9.17, 15) is 4.79 Å². The third-order valence-electron chi connectivity index (χ3n) is 5.64. The van der Waals surface area contributed by atoms with Gasteiger partial charge < -0.3 is 9.64 Å². The van der Waals surface area contributed by atoms with Crippen LogP contribution in [0, 0.1) is 0 Å². The fourth-order valence-corrected chi connectivity index (χ4v) is 3.93. The van der Waals surface area contributed by atoms with Crippen molar-refractivity contribution < 1.29 is 9.53 Å². The number of ether oxygens (including phenoxy) is 1. The summed E-state index contributed by atoms with van der Waals surface area (Å²) in [4.78, 5) is 19.2. The lowest BCUT2D eigenvalue weighted by molar-refractivity contribution is 0.0600. The Morgan fingerprint density at radius 3 is 2.36 bits per heavy atom. The van der Waals surface area contributed by atoms with Crippen LogP contribution in [-0.4, -0.2) is 80.1 Å². The summed E-state index contributed by atoms with van der Waals surface area (Å²) in [5.74, 6) is -0.271. The van der Waals surface area contributed by atoms with Gasteiger partial charge in [0, 0.05) is 45.3 Å². The van der Waals surface area contributed by atoms with Crippen molar-refractivity contribution in [1.29, 1.82) is 0 Å². The van der Waals surface area contributed by atoms with Crippen LogP contribution in [-0.2, 0) is 11.3 Å². The van der Waals surface area contributed by atoms with Gasteiger partial charge in [0.05, 0.1) is 12.7 Å². The van der Waals surface area contributed by atoms with E-state index in [1.807, 2.05) is 24.3 Å². The number of carbonyl (C=O) groups excluding carboxylic acids is 1. The number of benzene rings is 1. The highest BCUT2D eigenvalue weighted by molar-refractivity contribution is 5.89. The molecule has 5 heteroatoms. The van der Waals surface area contributed by atoms with Crippen LogP contribution >= 0.6 is 0 Å². The summed E-state index contributed by atoms with van der Waals surface area (Å²) in [6.07, 6.45) is 4.09. The summed E-state index contributed by atoms with van der Waals surface area (Å²) in [7, 11) is 3.69. The molecular formula is C20H31N3O2. The van der Waals surface area contributed by atoms with E-state index in [1.165, 1.54) is 45.0 Å². The highest BCUT2D eigenvalue weighted by Crippen LogP contribution is 2.17. The van der Waals surface area contributed by atoms with E-state index >= 15 is 0 Å². The van der Waals surface area contributed by atoms with Crippen molar-refractivity contribution >= 4 is 5.97 Å². The van der Waals surface area contributed by atoms with E-state index in [4.69, 9.17) is 4.74 Å². The molecule has 0 bridgehead atoms. The molecule has 0 amide bonds. The van der Waals surface area contributed by atoms with Crippen LogP contribution in [0.3, 0.4) is 0 Å². The van der Waals surface area contributed by atoms with Gasteiger partial charge in [0.1, 0.15) is 0 Å². The zero-order valence-corrected chi connectivity index (χ0v) is 15.6. The predicted octanol–water partition coefficient (Wildman–Crippen LogP) is 2.08. The van der Waals surface area contributed by atoms with Crippen LogP contribution in [0.25, 0.3) is 0 Å². The normalized spacial score (nSPS) is 23.5. The Morgan fingerprint density at radius 1 is 1.04 bits per heavy atom. The second-order valence-corrected chi connectivity index (χ2v) is 7.40. The molecular weight excluding hydrogens is 314 g/mol. The minimum absolute atomic E-state index is 0.271. The molecule has 0 N–H and O–H groups in total. The Labute approximate surface area is 151 Å². The fraction of sp³-hybridized carbons (Fsp3) is 0.650. The third-order valence-corrected chi connectivity index (χ3v) is 5.64. The molecule has 0 saturated carbocycles. The van der Waals surface area contributed by atoms with Crippen LogP contribution < -0.4 is 0 Å². The maximum Gasteiger partial charge on any atom is 0.337 e. The molecule has 2 aliphatic rings. The van der Waals surface area contributed by atoms with Gasteiger partial charge in [-0.25, -0.2) is 4.79 Å². The van der Waals surface area contributed by atoms with Crippen LogP contribution in [0.2, 0.25) is 0 Å². The molecule has 2 fully saturated rings. The average molecular weight is 345 g/mol. The SMILES string of the molecule is COC(=O)c1ccc(CN2CCN(C[C@@H]3CCCCN3C)CC2)cc1. The predicted molar refractivity (Wildman–Crippen MR) is 99.8 cm³/mol. The number of piperazine rings is 1. The smallest absolute Gasteiger partial charge is 0.337 e. The maximum atomic E-state index is 11.5. The Morgan fingerprint density at radius 2 is 1.72 bits per heavy atom. The van der Waals surface area contributed by atoms with Gasteiger partial charge in [-0.05, 0) is 44.1 Å². The van der Waals surface area contributed by atoms with Gasteiger partial charge in [-0.3, -0.25) is 9.80 Å². The van der Waals surface area contributed by atoms with Crippen molar-refractivity contribution in [3.63, 3.8) is 0 Å². The van der Waals surface area contributed by atoms with Crippen molar-refractivity contribution in [3.8, 4) is 0 Å². The van der Waals surface area contributed by atoms with Crippen molar-refractivity contribution in [2.24, 2.45) is 0 Å². The molecule has 0 spiro atoms. The first-order valence-corrected chi connectivity index (χ1v) is 9.48. The van der Waals surface area contributed by atoms with Gasteiger partial charge in [0.15, 0.2) is 0 Å². The van der Waals surface area contributed by atoms with Crippen molar-refractivity contribution in [2.45, 2.75) is 31.8 Å². The fourth-order valence-electron chi connectivity index (χ4n) is 3.93. The number of likely N-dealkylation sites (tertiary alicyclic amines) is 1. The molecule has 25 heavy (non-hydrogen) atoms. The van der Waals surface area contributed by atoms with E-state index in [2.05, 4.69) is 21.7 Å². The highest BCUT2D eigenvalue weighted by atomic mass is 16.5. The first-order valence-electron chi connectivity index (χ1n) is 9.48. The number of nitrogens with zero attached hydrogens (tertiary/aromatic N) is 3. The summed E-state index contributed by atoms with van der Waals surface area (Å²) in [6.45, 7) is 7.99.